The Morgan fingerprint density at radius 3 is 1.27 bits per heavy atom. The fourth-order valence-corrected chi connectivity index (χ4v) is 3.63. The monoisotopic (exact) mass is 499 g/mol. The molecule has 0 spiro atoms. The van der Waals surface area contributed by atoms with E-state index in [1.54, 1.807) is 53.4 Å². The summed E-state index contributed by atoms with van der Waals surface area (Å²) in [7, 11) is 0. The molecule has 33 heavy (non-hydrogen) atoms. The van der Waals surface area contributed by atoms with Gasteiger partial charge in [0.25, 0.3) is 0 Å². The Kier molecular flexibility index (Phi) is 15.0. The maximum Gasteiger partial charge on any atom is 0.313 e. The Balaban J connectivity index is 0.000000461. The predicted molar refractivity (Wildman–Crippen MR) is 127 cm³/mol. The average Bonchev–Trinajstić information content (AvgIpc) is 2.79. The van der Waals surface area contributed by atoms with Gasteiger partial charge in [-0.25, -0.2) is 0 Å². The predicted octanol–water partition coefficient (Wildman–Crippen LogP) is 2.10. The molecule has 0 aromatic heterocycles. The van der Waals surface area contributed by atoms with E-state index in [4.69, 9.17) is 30.3 Å². The number of carbonyl (C=O) groups is 2. The summed E-state index contributed by atoms with van der Waals surface area (Å²) in [5, 5.41) is 42.7. The summed E-state index contributed by atoms with van der Waals surface area (Å²) < 4.78 is 5.69. The zero-order valence-corrected chi connectivity index (χ0v) is 19.6. The van der Waals surface area contributed by atoms with Gasteiger partial charge in [0.05, 0.1) is 31.3 Å². The lowest BCUT2D eigenvalue weighted by Crippen LogP contribution is -2.32. The van der Waals surface area contributed by atoms with Crippen LogP contribution in [-0.2, 0) is 9.59 Å². The zero-order valence-electron chi connectivity index (χ0n) is 18.0. The number of hydrogen-bond donors (Lipinski definition) is 5. The van der Waals surface area contributed by atoms with Gasteiger partial charge >= 0.3 is 11.9 Å². The molecule has 2 aromatic carbocycles. The highest BCUT2D eigenvalue weighted by molar-refractivity contribution is 8.00. The quantitative estimate of drug-likeness (QED) is 0.243. The first-order valence-electron chi connectivity index (χ1n) is 10.00. The van der Waals surface area contributed by atoms with Gasteiger partial charge in [-0.3, -0.25) is 14.5 Å². The minimum atomic E-state index is -0.851. The molecule has 0 aliphatic carbocycles. The number of benzene rings is 2. The van der Waals surface area contributed by atoms with Crippen LogP contribution in [0.25, 0.3) is 0 Å². The molecule has 0 aliphatic heterocycles. The highest BCUT2D eigenvalue weighted by Crippen LogP contribution is 2.27. The van der Waals surface area contributed by atoms with Crippen molar-refractivity contribution in [2.24, 2.45) is 0 Å². The lowest BCUT2D eigenvalue weighted by Gasteiger charge is -2.17. The summed E-state index contributed by atoms with van der Waals surface area (Å²) in [6.45, 7) is 1.75. The van der Waals surface area contributed by atoms with E-state index < -0.39 is 11.9 Å². The molecule has 0 radical (unpaired) electrons. The van der Waals surface area contributed by atoms with Crippen molar-refractivity contribution in [2.45, 2.75) is 9.79 Å². The van der Waals surface area contributed by atoms with Crippen LogP contribution < -0.4 is 4.74 Å². The molecule has 11 heteroatoms. The number of ether oxygens (including phenoxy) is 1. The lowest BCUT2D eigenvalue weighted by atomic mass is 10.3. The van der Waals surface area contributed by atoms with Gasteiger partial charge in [-0.2, -0.15) is 0 Å². The third-order valence-corrected chi connectivity index (χ3v) is 5.85. The van der Waals surface area contributed by atoms with Crippen molar-refractivity contribution in [1.29, 1.82) is 0 Å². The molecule has 0 heterocycles. The number of aliphatic carboxylic acids is 2. The number of thioether (sulfide) groups is 2. The summed E-state index contributed by atoms with van der Waals surface area (Å²) in [5.41, 5.74) is 0. The van der Waals surface area contributed by atoms with Gasteiger partial charge in [0.1, 0.15) is 11.5 Å². The van der Waals surface area contributed by atoms with Crippen molar-refractivity contribution in [1.82, 2.24) is 4.90 Å². The molecule has 0 amide bonds. The number of aliphatic hydroxyl groups is 3. The molecule has 0 saturated carbocycles. The fourth-order valence-electron chi connectivity index (χ4n) is 2.39. The maximum atomic E-state index is 10.5. The van der Waals surface area contributed by atoms with Gasteiger partial charge in [0.2, 0.25) is 0 Å². The van der Waals surface area contributed by atoms with E-state index in [1.165, 1.54) is 23.5 Å². The molecular weight excluding hydrogens is 470 g/mol. The van der Waals surface area contributed by atoms with E-state index in [0.717, 1.165) is 9.79 Å². The molecule has 2 rings (SSSR count). The van der Waals surface area contributed by atoms with Crippen molar-refractivity contribution < 1.29 is 39.9 Å². The fraction of sp³-hybridized carbons (Fsp3) is 0.364. The second-order valence-electron chi connectivity index (χ2n) is 6.42. The van der Waals surface area contributed by atoms with Crippen molar-refractivity contribution in [3.05, 3.63) is 48.5 Å². The minimum absolute atomic E-state index is 0.0235. The number of carboxylic acid groups (broad SMARTS) is 2. The Labute approximate surface area is 201 Å². The molecule has 5 N–H and O–H groups in total. The molecule has 0 bridgehead atoms. The number of rotatable bonds is 14. The summed E-state index contributed by atoms with van der Waals surface area (Å²) >= 11 is 2.49. The first kappa shape index (κ1) is 28.8. The average molecular weight is 500 g/mol. The Morgan fingerprint density at radius 2 is 1.00 bits per heavy atom. The number of hydrogen-bond acceptors (Lipinski definition) is 9. The van der Waals surface area contributed by atoms with E-state index in [0.29, 0.717) is 31.1 Å². The van der Waals surface area contributed by atoms with Crippen LogP contribution in [0.4, 0.5) is 0 Å². The molecule has 0 saturated heterocycles. The molecule has 0 fully saturated rings. The van der Waals surface area contributed by atoms with E-state index in [2.05, 4.69) is 0 Å². The molecule has 0 aliphatic rings. The number of carboxylic acids is 2. The third-order valence-electron chi connectivity index (χ3n) is 3.86. The second-order valence-corrected chi connectivity index (χ2v) is 8.52. The second kappa shape index (κ2) is 17.2. The largest absolute Gasteiger partial charge is 0.481 e. The van der Waals surface area contributed by atoms with Crippen LogP contribution in [0.15, 0.2) is 58.3 Å². The van der Waals surface area contributed by atoms with Crippen LogP contribution in [0.1, 0.15) is 0 Å². The molecular formula is C22H29NO8S2. The summed E-state index contributed by atoms with van der Waals surface area (Å²) in [4.78, 5) is 24.5. The smallest absolute Gasteiger partial charge is 0.313 e. The van der Waals surface area contributed by atoms with Crippen molar-refractivity contribution in [3.8, 4) is 11.5 Å². The third kappa shape index (κ3) is 13.8. The van der Waals surface area contributed by atoms with Gasteiger partial charge in [-0.05, 0) is 48.5 Å². The van der Waals surface area contributed by atoms with Crippen LogP contribution in [0.5, 0.6) is 11.5 Å². The Hall–Kier alpha value is -2.28. The normalized spacial score (nSPS) is 10.4. The Morgan fingerprint density at radius 1 is 0.667 bits per heavy atom. The van der Waals surface area contributed by atoms with E-state index >= 15 is 0 Å². The molecule has 0 unspecified atom stereocenters. The van der Waals surface area contributed by atoms with Crippen LogP contribution in [0.3, 0.4) is 0 Å². The van der Waals surface area contributed by atoms with Gasteiger partial charge in [0.15, 0.2) is 0 Å². The SMILES string of the molecule is O=C(O)CSc1ccc(Oc2ccc(SCC(=O)O)cc2)cc1.OCCN(CCO)CCO. The van der Waals surface area contributed by atoms with Crippen LogP contribution in [0.2, 0.25) is 0 Å². The molecule has 9 nitrogen and oxygen atoms in total. The summed E-state index contributed by atoms with van der Waals surface area (Å²) in [6, 6.07) is 14.3. The van der Waals surface area contributed by atoms with Crippen molar-refractivity contribution in [2.75, 3.05) is 51.0 Å². The lowest BCUT2D eigenvalue weighted by molar-refractivity contribution is -0.134. The van der Waals surface area contributed by atoms with Gasteiger partial charge in [0, 0.05) is 29.4 Å². The molecule has 2 aromatic rings. The van der Waals surface area contributed by atoms with Crippen molar-refractivity contribution in [3.63, 3.8) is 0 Å². The van der Waals surface area contributed by atoms with Crippen LogP contribution in [0, 0.1) is 0 Å². The van der Waals surface area contributed by atoms with Gasteiger partial charge < -0.3 is 30.3 Å². The first-order valence-corrected chi connectivity index (χ1v) is 12.0. The number of aliphatic hydroxyl groups excluding tert-OH is 3. The Bertz CT molecular complexity index is 744. The topological polar surface area (TPSA) is 148 Å². The summed E-state index contributed by atoms with van der Waals surface area (Å²) in [6.07, 6.45) is 0. The standard InChI is InChI=1S/C16H14O5S2.C6H15NO3/c17-15(18)9-22-13-5-1-11(2-6-13)21-12-3-7-14(8-4-12)23-10-16(19)20;8-4-1-7(2-5-9)3-6-10/h1-8H,9-10H2,(H,17,18)(H,19,20);8-10H,1-6H2. The van der Waals surface area contributed by atoms with E-state index in [9.17, 15) is 9.59 Å². The molecule has 0 atom stereocenters. The number of nitrogens with zero attached hydrogens (tertiary/aromatic N) is 1. The van der Waals surface area contributed by atoms with Gasteiger partial charge in [-0.15, -0.1) is 23.5 Å². The van der Waals surface area contributed by atoms with Crippen LogP contribution >= 0.6 is 23.5 Å². The summed E-state index contributed by atoms with van der Waals surface area (Å²) in [5.74, 6) is -0.357. The van der Waals surface area contributed by atoms with E-state index in [-0.39, 0.29) is 31.3 Å². The highest BCUT2D eigenvalue weighted by atomic mass is 32.2. The van der Waals surface area contributed by atoms with Crippen molar-refractivity contribution >= 4 is 35.5 Å². The first-order chi connectivity index (χ1) is 15.9. The highest BCUT2D eigenvalue weighted by Gasteiger charge is 2.03. The van der Waals surface area contributed by atoms with Crippen LogP contribution in [-0.4, -0.2) is 93.3 Å². The van der Waals surface area contributed by atoms with Gasteiger partial charge in [-0.1, -0.05) is 0 Å². The maximum absolute atomic E-state index is 10.5. The zero-order chi connectivity index (χ0) is 24.5. The van der Waals surface area contributed by atoms with E-state index in [1.807, 2.05) is 0 Å². The minimum Gasteiger partial charge on any atom is -0.481 e. The molecule has 182 valence electrons.